The number of benzene rings is 2. The van der Waals surface area contributed by atoms with Crippen LogP contribution in [0.4, 0.5) is 17.1 Å². The monoisotopic (exact) mass is 425 g/mol. The highest BCUT2D eigenvalue weighted by atomic mass is 16.6. The Balaban J connectivity index is 1.65. The zero-order valence-corrected chi connectivity index (χ0v) is 17.7. The minimum Gasteiger partial charge on any atom is -0.378 e. The third kappa shape index (κ3) is 5.79. The van der Waals surface area contributed by atoms with Gasteiger partial charge in [-0.15, -0.1) is 0 Å². The molecule has 2 N–H and O–H groups in total. The Labute approximate surface area is 181 Å². The van der Waals surface area contributed by atoms with Crippen molar-refractivity contribution in [3.63, 3.8) is 0 Å². The van der Waals surface area contributed by atoms with Crippen molar-refractivity contribution in [3.05, 3.63) is 64.2 Å². The number of rotatable bonds is 7. The van der Waals surface area contributed by atoms with Crippen LogP contribution in [-0.2, 0) is 9.59 Å². The molecule has 0 radical (unpaired) electrons. The van der Waals surface area contributed by atoms with Crippen LogP contribution in [0.15, 0.2) is 48.5 Å². The van der Waals surface area contributed by atoms with Crippen LogP contribution in [0.1, 0.15) is 24.4 Å². The van der Waals surface area contributed by atoms with Gasteiger partial charge < -0.3 is 15.5 Å². The largest absolute Gasteiger partial charge is 0.378 e. The molecule has 2 amide bonds. The van der Waals surface area contributed by atoms with Crippen LogP contribution in [-0.4, -0.2) is 55.4 Å². The van der Waals surface area contributed by atoms with E-state index in [1.54, 1.807) is 0 Å². The summed E-state index contributed by atoms with van der Waals surface area (Å²) in [5.41, 5.74) is 2.20. The molecule has 2 aromatic carbocycles. The average molecular weight is 425 g/mol. The summed E-state index contributed by atoms with van der Waals surface area (Å²) in [6, 6.07) is 13.6. The molecule has 31 heavy (non-hydrogen) atoms. The molecule has 2 aromatic rings. The molecule has 1 heterocycles. The highest BCUT2D eigenvalue weighted by Gasteiger charge is 2.25. The number of anilines is 2. The van der Waals surface area contributed by atoms with Crippen LogP contribution in [0.3, 0.4) is 0 Å². The topological polar surface area (TPSA) is 108 Å². The SMILES string of the molecule is CN(C)c1ccc(C(CNC(=O)C(=O)Nc2cccc([N+](=O)[O-])c2)N2CCCC2)cc1. The minimum atomic E-state index is -0.858. The van der Waals surface area contributed by atoms with E-state index in [1.807, 2.05) is 43.3 Å². The number of hydrogen-bond donors (Lipinski definition) is 2. The Morgan fingerprint density at radius 3 is 2.39 bits per heavy atom. The smallest absolute Gasteiger partial charge is 0.313 e. The third-order valence-corrected chi connectivity index (χ3v) is 5.35. The van der Waals surface area contributed by atoms with Gasteiger partial charge in [-0.05, 0) is 49.7 Å². The van der Waals surface area contributed by atoms with Crippen LogP contribution in [0.25, 0.3) is 0 Å². The molecule has 1 aliphatic heterocycles. The second-order valence-electron chi connectivity index (χ2n) is 7.72. The van der Waals surface area contributed by atoms with Crippen LogP contribution in [0, 0.1) is 10.1 Å². The fraction of sp³-hybridized carbons (Fsp3) is 0.364. The number of nitro groups is 1. The molecular formula is C22H27N5O4. The lowest BCUT2D eigenvalue weighted by molar-refractivity contribution is -0.384. The van der Waals surface area contributed by atoms with Gasteiger partial charge in [-0.3, -0.25) is 24.6 Å². The third-order valence-electron chi connectivity index (χ3n) is 5.35. The number of carbonyl (C=O) groups excluding carboxylic acids is 2. The Kier molecular flexibility index (Phi) is 7.19. The molecule has 3 rings (SSSR count). The normalized spacial score (nSPS) is 14.6. The number of amides is 2. The van der Waals surface area contributed by atoms with Crippen molar-refractivity contribution in [3.8, 4) is 0 Å². The maximum absolute atomic E-state index is 12.4. The predicted octanol–water partition coefficient (Wildman–Crippen LogP) is 2.55. The highest BCUT2D eigenvalue weighted by Crippen LogP contribution is 2.26. The van der Waals surface area contributed by atoms with Crippen molar-refractivity contribution in [1.29, 1.82) is 0 Å². The molecule has 1 atom stereocenters. The summed E-state index contributed by atoms with van der Waals surface area (Å²) >= 11 is 0. The number of carbonyl (C=O) groups is 2. The first kappa shape index (κ1) is 22.2. The zero-order chi connectivity index (χ0) is 22.4. The van der Waals surface area contributed by atoms with Crippen molar-refractivity contribution in [2.45, 2.75) is 18.9 Å². The fourth-order valence-electron chi connectivity index (χ4n) is 3.66. The van der Waals surface area contributed by atoms with Crippen LogP contribution in [0.2, 0.25) is 0 Å². The van der Waals surface area contributed by atoms with Gasteiger partial charge in [0, 0.05) is 44.1 Å². The van der Waals surface area contributed by atoms with Gasteiger partial charge in [0.15, 0.2) is 0 Å². The molecule has 9 nitrogen and oxygen atoms in total. The lowest BCUT2D eigenvalue weighted by Gasteiger charge is -2.28. The summed E-state index contributed by atoms with van der Waals surface area (Å²) in [7, 11) is 3.96. The Morgan fingerprint density at radius 1 is 1.10 bits per heavy atom. The number of hydrogen-bond acceptors (Lipinski definition) is 6. The van der Waals surface area contributed by atoms with Crippen molar-refractivity contribution < 1.29 is 14.5 Å². The van der Waals surface area contributed by atoms with Gasteiger partial charge in [-0.25, -0.2) is 0 Å². The van der Waals surface area contributed by atoms with E-state index in [0.717, 1.165) is 37.2 Å². The molecule has 0 spiro atoms. The molecule has 1 aliphatic rings. The molecule has 0 aliphatic carbocycles. The van der Waals surface area contributed by atoms with Crippen LogP contribution < -0.4 is 15.5 Å². The van der Waals surface area contributed by atoms with Gasteiger partial charge in [0.1, 0.15) is 0 Å². The Hall–Kier alpha value is -3.46. The number of likely N-dealkylation sites (tertiary alicyclic amines) is 1. The zero-order valence-electron chi connectivity index (χ0n) is 17.7. The summed E-state index contributed by atoms with van der Waals surface area (Å²) in [6.07, 6.45) is 2.21. The van der Waals surface area contributed by atoms with Gasteiger partial charge in [0.25, 0.3) is 5.69 Å². The standard InChI is InChI=1S/C22H27N5O4/c1-25(2)18-10-8-16(9-11-18)20(26-12-3-4-13-26)15-23-21(28)22(29)24-17-6-5-7-19(14-17)27(30)31/h5-11,14,20H,3-4,12-13,15H2,1-2H3,(H,23,28)(H,24,29). The number of nitrogens with zero attached hydrogens (tertiary/aromatic N) is 3. The summed E-state index contributed by atoms with van der Waals surface area (Å²) < 4.78 is 0. The molecule has 164 valence electrons. The number of non-ortho nitro benzene ring substituents is 1. The Bertz CT molecular complexity index is 939. The maximum Gasteiger partial charge on any atom is 0.313 e. The minimum absolute atomic E-state index is 0.0340. The van der Waals surface area contributed by atoms with Crippen molar-refractivity contribution in [2.24, 2.45) is 0 Å². The van der Waals surface area contributed by atoms with E-state index >= 15 is 0 Å². The van der Waals surface area contributed by atoms with E-state index in [0.29, 0.717) is 6.54 Å². The van der Waals surface area contributed by atoms with Gasteiger partial charge in [-0.2, -0.15) is 0 Å². The summed E-state index contributed by atoms with van der Waals surface area (Å²) in [6.45, 7) is 2.17. The number of nitro benzene ring substituents is 1. The van der Waals surface area contributed by atoms with E-state index in [9.17, 15) is 19.7 Å². The van der Waals surface area contributed by atoms with Crippen LogP contribution >= 0.6 is 0 Å². The second-order valence-corrected chi connectivity index (χ2v) is 7.72. The summed E-state index contributed by atoms with van der Waals surface area (Å²) in [5, 5.41) is 16.0. The predicted molar refractivity (Wildman–Crippen MR) is 119 cm³/mol. The maximum atomic E-state index is 12.4. The molecule has 0 bridgehead atoms. The fourth-order valence-corrected chi connectivity index (χ4v) is 3.66. The van der Waals surface area contributed by atoms with E-state index in [-0.39, 0.29) is 17.4 Å². The van der Waals surface area contributed by atoms with Gasteiger partial charge in [0.2, 0.25) is 0 Å². The first-order chi connectivity index (χ1) is 14.8. The first-order valence-corrected chi connectivity index (χ1v) is 10.2. The lowest BCUT2D eigenvalue weighted by atomic mass is 10.0. The van der Waals surface area contributed by atoms with Crippen molar-refractivity contribution in [1.82, 2.24) is 10.2 Å². The number of nitrogens with one attached hydrogen (secondary N) is 2. The summed E-state index contributed by atoms with van der Waals surface area (Å²) in [5.74, 6) is -1.63. The molecule has 0 saturated carbocycles. The van der Waals surface area contributed by atoms with Crippen molar-refractivity contribution in [2.75, 3.05) is 43.9 Å². The molecule has 1 unspecified atom stereocenters. The van der Waals surface area contributed by atoms with E-state index in [2.05, 4.69) is 15.5 Å². The molecule has 0 aromatic heterocycles. The molecule has 1 fully saturated rings. The quantitative estimate of drug-likeness (QED) is 0.401. The first-order valence-electron chi connectivity index (χ1n) is 10.2. The average Bonchev–Trinajstić information content (AvgIpc) is 3.28. The van der Waals surface area contributed by atoms with E-state index < -0.39 is 16.7 Å². The van der Waals surface area contributed by atoms with Gasteiger partial charge >= 0.3 is 11.8 Å². The molecule has 9 heteroatoms. The van der Waals surface area contributed by atoms with Crippen LogP contribution in [0.5, 0.6) is 0 Å². The Morgan fingerprint density at radius 2 is 1.77 bits per heavy atom. The van der Waals surface area contributed by atoms with Gasteiger partial charge in [0.05, 0.1) is 11.0 Å². The van der Waals surface area contributed by atoms with Crippen molar-refractivity contribution >= 4 is 28.9 Å². The van der Waals surface area contributed by atoms with Gasteiger partial charge in [-0.1, -0.05) is 18.2 Å². The second kappa shape index (κ2) is 10.0. The molecular weight excluding hydrogens is 398 g/mol. The highest BCUT2D eigenvalue weighted by molar-refractivity contribution is 6.39. The lowest BCUT2D eigenvalue weighted by Crippen LogP contribution is -2.41. The summed E-state index contributed by atoms with van der Waals surface area (Å²) in [4.78, 5) is 39.3. The van der Waals surface area contributed by atoms with E-state index in [4.69, 9.17) is 0 Å². The van der Waals surface area contributed by atoms with E-state index in [1.165, 1.54) is 24.3 Å². The molecule has 1 saturated heterocycles.